The van der Waals surface area contributed by atoms with Crippen LogP contribution in [0.15, 0.2) is 53.6 Å². The molecule has 2 aromatic carbocycles. The van der Waals surface area contributed by atoms with Crippen LogP contribution in [-0.4, -0.2) is 12.8 Å². The van der Waals surface area contributed by atoms with Crippen LogP contribution >= 0.6 is 11.6 Å². The average molecular weight is 289 g/mol. The van der Waals surface area contributed by atoms with E-state index < -0.39 is 0 Å². The predicted molar refractivity (Wildman–Crippen MR) is 84.9 cm³/mol. The third-order valence-electron chi connectivity index (χ3n) is 2.94. The molecule has 0 atom stereocenters. The summed E-state index contributed by atoms with van der Waals surface area (Å²) in [5, 5.41) is 5.09. The summed E-state index contributed by atoms with van der Waals surface area (Å²) in [7, 11) is 1.66. The number of nitrogens with zero attached hydrogens (tertiary/aromatic N) is 1. The van der Waals surface area contributed by atoms with Crippen molar-refractivity contribution in [2.75, 3.05) is 12.5 Å². The summed E-state index contributed by atoms with van der Waals surface area (Å²) >= 11 is 6.09. The zero-order chi connectivity index (χ0) is 14.4. The molecule has 0 aliphatic carbocycles. The van der Waals surface area contributed by atoms with Crippen LogP contribution in [0.2, 0.25) is 5.02 Å². The topological polar surface area (TPSA) is 33.6 Å². The number of para-hydroxylation sites is 1. The maximum absolute atomic E-state index is 6.09. The molecule has 2 aromatic rings. The minimum absolute atomic E-state index is 0.654. The molecule has 0 aliphatic rings. The molecule has 0 spiro atoms. The molecule has 0 radical (unpaired) electrons. The number of rotatable bonds is 5. The van der Waals surface area contributed by atoms with Gasteiger partial charge < -0.3 is 4.74 Å². The summed E-state index contributed by atoms with van der Waals surface area (Å²) in [4.78, 5) is 0. The van der Waals surface area contributed by atoms with Crippen molar-refractivity contribution >= 4 is 23.0 Å². The highest BCUT2D eigenvalue weighted by Crippen LogP contribution is 2.21. The zero-order valence-corrected chi connectivity index (χ0v) is 12.3. The molecule has 0 heterocycles. The fourth-order valence-corrected chi connectivity index (χ4v) is 1.99. The van der Waals surface area contributed by atoms with Gasteiger partial charge in [0.15, 0.2) is 0 Å². The van der Waals surface area contributed by atoms with E-state index in [2.05, 4.69) is 17.5 Å². The summed E-state index contributed by atoms with van der Waals surface area (Å²) in [6.45, 7) is 2.07. The predicted octanol–water partition coefficient (Wildman–Crippen LogP) is 4.57. The van der Waals surface area contributed by atoms with Crippen LogP contribution in [0.1, 0.15) is 18.9 Å². The Morgan fingerprint density at radius 1 is 1.15 bits per heavy atom. The Labute approximate surface area is 124 Å². The summed E-state index contributed by atoms with van der Waals surface area (Å²) < 4.78 is 5.15. The lowest BCUT2D eigenvalue weighted by molar-refractivity contribution is 0.415. The molecule has 20 heavy (non-hydrogen) atoms. The van der Waals surface area contributed by atoms with E-state index in [-0.39, 0.29) is 0 Å². The Kier molecular flexibility index (Phi) is 5.02. The van der Waals surface area contributed by atoms with E-state index in [0.717, 1.165) is 29.1 Å². The van der Waals surface area contributed by atoms with Crippen molar-refractivity contribution in [3.63, 3.8) is 0 Å². The van der Waals surface area contributed by atoms with Gasteiger partial charge in [-0.2, -0.15) is 5.10 Å². The third-order valence-corrected chi connectivity index (χ3v) is 3.27. The maximum atomic E-state index is 6.09. The Bertz CT molecular complexity index is 594. The number of hydrogen-bond donors (Lipinski definition) is 1. The van der Waals surface area contributed by atoms with Gasteiger partial charge in [-0.05, 0) is 48.4 Å². The van der Waals surface area contributed by atoms with Crippen LogP contribution in [0.25, 0.3) is 0 Å². The molecule has 0 aromatic heterocycles. The molecule has 0 amide bonds. The molecule has 0 saturated heterocycles. The van der Waals surface area contributed by atoms with Gasteiger partial charge in [-0.15, -0.1) is 0 Å². The number of methoxy groups -OCH3 is 1. The van der Waals surface area contributed by atoms with Gasteiger partial charge in [0.1, 0.15) is 5.75 Å². The third kappa shape index (κ3) is 3.52. The summed E-state index contributed by atoms with van der Waals surface area (Å²) in [6, 6.07) is 15.4. The smallest absolute Gasteiger partial charge is 0.118 e. The lowest BCUT2D eigenvalue weighted by Gasteiger charge is -2.08. The second kappa shape index (κ2) is 6.96. The van der Waals surface area contributed by atoms with Crippen LogP contribution in [0, 0.1) is 0 Å². The Hall–Kier alpha value is -2.00. The molecular formula is C16H17ClN2O. The molecule has 3 nitrogen and oxygen atoms in total. The molecule has 1 N–H and O–H groups in total. The Balaban J connectivity index is 2.18. The van der Waals surface area contributed by atoms with Gasteiger partial charge in [0.2, 0.25) is 0 Å². The fourth-order valence-electron chi connectivity index (χ4n) is 1.81. The molecule has 0 fully saturated rings. The fraction of sp³-hybridized carbons (Fsp3) is 0.188. The van der Waals surface area contributed by atoms with Gasteiger partial charge >= 0.3 is 0 Å². The van der Waals surface area contributed by atoms with E-state index >= 15 is 0 Å². The highest BCUT2D eigenvalue weighted by atomic mass is 35.5. The van der Waals surface area contributed by atoms with Crippen molar-refractivity contribution in [2.24, 2.45) is 5.10 Å². The number of benzene rings is 2. The minimum atomic E-state index is 0.654. The average Bonchev–Trinajstić information content (AvgIpc) is 2.50. The maximum Gasteiger partial charge on any atom is 0.118 e. The van der Waals surface area contributed by atoms with Crippen molar-refractivity contribution in [2.45, 2.75) is 13.3 Å². The van der Waals surface area contributed by atoms with Crippen LogP contribution in [0.5, 0.6) is 5.75 Å². The minimum Gasteiger partial charge on any atom is -0.497 e. The molecule has 104 valence electrons. The Morgan fingerprint density at radius 2 is 1.85 bits per heavy atom. The number of halogens is 1. The van der Waals surface area contributed by atoms with E-state index in [1.54, 1.807) is 7.11 Å². The lowest BCUT2D eigenvalue weighted by Crippen LogP contribution is -2.03. The quantitative estimate of drug-likeness (QED) is 0.645. The Morgan fingerprint density at radius 3 is 2.45 bits per heavy atom. The number of ether oxygens (including phenoxy) is 1. The van der Waals surface area contributed by atoms with Crippen molar-refractivity contribution in [1.29, 1.82) is 0 Å². The molecule has 4 heteroatoms. The summed E-state index contributed by atoms with van der Waals surface area (Å²) in [6.07, 6.45) is 0.823. The molecule has 2 rings (SSSR count). The second-order valence-electron chi connectivity index (χ2n) is 4.23. The highest BCUT2D eigenvalue weighted by molar-refractivity contribution is 6.33. The van der Waals surface area contributed by atoms with E-state index in [0.29, 0.717) is 5.02 Å². The van der Waals surface area contributed by atoms with Gasteiger partial charge in [0, 0.05) is 0 Å². The second-order valence-corrected chi connectivity index (χ2v) is 4.64. The normalized spacial score (nSPS) is 11.2. The summed E-state index contributed by atoms with van der Waals surface area (Å²) in [5.41, 5.74) is 5.84. The first kappa shape index (κ1) is 14.4. The van der Waals surface area contributed by atoms with Gasteiger partial charge in [0.05, 0.1) is 23.5 Å². The van der Waals surface area contributed by atoms with Crippen LogP contribution in [0.4, 0.5) is 5.69 Å². The number of anilines is 1. The van der Waals surface area contributed by atoms with Crippen molar-refractivity contribution in [3.8, 4) is 5.75 Å². The monoisotopic (exact) mass is 288 g/mol. The van der Waals surface area contributed by atoms with Crippen molar-refractivity contribution in [3.05, 3.63) is 59.1 Å². The SMILES string of the molecule is CC/C(=N/Nc1ccccc1Cl)c1ccc(OC)cc1. The van der Waals surface area contributed by atoms with E-state index in [4.69, 9.17) is 16.3 Å². The van der Waals surface area contributed by atoms with Crippen LogP contribution < -0.4 is 10.2 Å². The van der Waals surface area contributed by atoms with Gasteiger partial charge in [0.25, 0.3) is 0 Å². The first-order chi connectivity index (χ1) is 9.74. The molecule has 0 bridgehead atoms. The first-order valence-corrected chi connectivity index (χ1v) is 6.84. The van der Waals surface area contributed by atoms with Gasteiger partial charge in [-0.1, -0.05) is 30.7 Å². The number of hydrogen-bond acceptors (Lipinski definition) is 3. The van der Waals surface area contributed by atoms with E-state index in [1.807, 2.05) is 48.5 Å². The van der Waals surface area contributed by atoms with E-state index in [9.17, 15) is 0 Å². The standard InChI is InChI=1S/C16H17ClN2O/c1-3-15(12-8-10-13(20-2)11-9-12)18-19-16-7-5-4-6-14(16)17/h4-11,19H,3H2,1-2H3/b18-15-. The molecular weight excluding hydrogens is 272 g/mol. The largest absolute Gasteiger partial charge is 0.497 e. The van der Waals surface area contributed by atoms with Gasteiger partial charge in [-0.3, -0.25) is 5.43 Å². The van der Waals surface area contributed by atoms with Crippen LogP contribution in [0.3, 0.4) is 0 Å². The number of hydrazone groups is 1. The molecule has 0 aliphatic heterocycles. The van der Waals surface area contributed by atoms with E-state index in [1.165, 1.54) is 0 Å². The molecule has 0 saturated carbocycles. The first-order valence-electron chi connectivity index (χ1n) is 6.46. The lowest BCUT2D eigenvalue weighted by atomic mass is 10.1. The number of nitrogens with one attached hydrogen (secondary N) is 1. The van der Waals surface area contributed by atoms with Crippen molar-refractivity contribution < 1.29 is 4.74 Å². The van der Waals surface area contributed by atoms with Crippen molar-refractivity contribution in [1.82, 2.24) is 0 Å². The van der Waals surface area contributed by atoms with Crippen LogP contribution in [-0.2, 0) is 0 Å². The zero-order valence-electron chi connectivity index (χ0n) is 11.6. The molecule has 0 unspecified atom stereocenters. The highest BCUT2D eigenvalue weighted by Gasteiger charge is 2.03. The summed E-state index contributed by atoms with van der Waals surface area (Å²) in [5.74, 6) is 0.836. The van der Waals surface area contributed by atoms with Gasteiger partial charge in [-0.25, -0.2) is 0 Å².